The number of para-hydroxylation sites is 1. The first-order valence-corrected chi connectivity index (χ1v) is 8.65. The van der Waals surface area contributed by atoms with Crippen molar-refractivity contribution < 1.29 is 14.3 Å². The molecule has 3 rings (SSSR count). The Kier molecular flexibility index (Phi) is 5.13. The Labute approximate surface area is 144 Å². The van der Waals surface area contributed by atoms with Gasteiger partial charge in [-0.1, -0.05) is 25.3 Å². The van der Waals surface area contributed by atoms with Gasteiger partial charge in [0.15, 0.2) is 5.69 Å². The molecule has 6 nitrogen and oxygen atoms in total. The second kappa shape index (κ2) is 7.31. The van der Waals surface area contributed by atoms with E-state index in [1.54, 1.807) is 6.92 Å². The van der Waals surface area contributed by atoms with E-state index in [9.17, 15) is 19.1 Å². The fraction of sp³-hybridized carbons (Fsp3) is 0.500. The van der Waals surface area contributed by atoms with Gasteiger partial charge < -0.3 is 10.4 Å². The molecule has 1 aromatic carbocycles. The number of rotatable bonds is 4. The molecule has 0 spiro atoms. The predicted octanol–water partition coefficient (Wildman–Crippen LogP) is 2.12. The van der Waals surface area contributed by atoms with Crippen LogP contribution in [0.1, 0.15) is 49.5 Å². The zero-order chi connectivity index (χ0) is 18.0. The van der Waals surface area contributed by atoms with Crippen molar-refractivity contribution in [2.75, 3.05) is 0 Å². The number of aliphatic hydroxyl groups excluding tert-OH is 1. The first-order chi connectivity index (χ1) is 12.0. The van der Waals surface area contributed by atoms with E-state index < -0.39 is 29.3 Å². The van der Waals surface area contributed by atoms with Gasteiger partial charge in [-0.2, -0.15) is 5.10 Å². The van der Waals surface area contributed by atoms with Gasteiger partial charge in [-0.25, -0.2) is 4.39 Å². The lowest BCUT2D eigenvalue weighted by molar-refractivity contribution is 0.0508. The van der Waals surface area contributed by atoms with Gasteiger partial charge in [-0.05, 0) is 37.8 Å². The third kappa shape index (κ3) is 3.56. The minimum Gasteiger partial charge on any atom is -0.391 e. The lowest BCUT2D eigenvalue weighted by atomic mass is 9.83. The number of H-pyrrole nitrogens is 1. The number of aromatic nitrogens is 2. The lowest BCUT2D eigenvalue weighted by Gasteiger charge is -2.30. The Morgan fingerprint density at radius 1 is 1.36 bits per heavy atom. The Morgan fingerprint density at radius 2 is 2.08 bits per heavy atom. The number of aromatic amines is 1. The summed E-state index contributed by atoms with van der Waals surface area (Å²) in [6.45, 7) is 1.71. The highest BCUT2D eigenvalue weighted by atomic mass is 19.1. The molecule has 2 atom stereocenters. The third-order valence-electron chi connectivity index (χ3n) is 4.97. The minimum atomic E-state index is -0.672. The van der Waals surface area contributed by atoms with Crippen molar-refractivity contribution in [2.24, 2.45) is 5.92 Å². The zero-order valence-electron chi connectivity index (χ0n) is 14.1. The first-order valence-electron chi connectivity index (χ1n) is 8.65. The number of hydrogen-bond acceptors (Lipinski definition) is 4. The highest BCUT2D eigenvalue weighted by Crippen LogP contribution is 2.27. The van der Waals surface area contributed by atoms with Gasteiger partial charge in [0.2, 0.25) is 5.43 Å². The number of aliphatic hydroxyl groups is 1. The van der Waals surface area contributed by atoms with Crippen LogP contribution in [0.2, 0.25) is 0 Å². The topological polar surface area (TPSA) is 95.1 Å². The zero-order valence-corrected chi connectivity index (χ0v) is 14.1. The smallest absolute Gasteiger partial charge is 0.276 e. The van der Waals surface area contributed by atoms with Gasteiger partial charge in [0, 0.05) is 0 Å². The molecule has 1 heterocycles. The van der Waals surface area contributed by atoms with Crippen LogP contribution in [0, 0.1) is 11.7 Å². The second-order valence-corrected chi connectivity index (χ2v) is 6.71. The van der Waals surface area contributed by atoms with Crippen molar-refractivity contribution in [3.63, 3.8) is 0 Å². The summed E-state index contributed by atoms with van der Waals surface area (Å²) in [6.07, 6.45) is 4.56. The summed E-state index contributed by atoms with van der Waals surface area (Å²) in [4.78, 5) is 24.8. The van der Waals surface area contributed by atoms with E-state index in [1.807, 2.05) is 0 Å². The van der Waals surface area contributed by atoms with E-state index in [2.05, 4.69) is 15.5 Å². The maximum absolute atomic E-state index is 13.7. The fourth-order valence-electron chi connectivity index (χ4n) is 3.52. The van der Waals surface area contributed by atoms with Crippen LogP contribution < -0.4 is 10.7 Å². The second-order valence-electron chi connectivity index (χ2n) is 6.71. The summed E-state index contributed by atoms with van der Waals surface area (Å²) in [7, 11) is 0. The summed E-state index contributed by atoms with van der Waals surface area (Å²) in [5.74, 6) is -1.12. The largest absolute Gasteiger partial charge is 0.391 e. The van der Waals surface area contributed by atoms with Crippen LogP contribution in [0.5, 0.6) is 0 Å². The highest BCUT2D eigenvalue weighted by Gasteiger charge is 2.28. The van der Waals surface area contributed by atoms with Crippen molar-refractivity contribution >= 4 is 16.8 Å². The van der Waals surface area contributed by atoms with Crippen molar-refractivity contribution in [1.82, 2.24) is 15.5 Å². The van der Waals surface area contributed by atoms with Crippen LogP contribution in [0.4, 0.5) is 4.39 Å². The molecule has 1 aliphatic carbocycles. The highest BCUT2D eigenvalue weighted by molar-refractivity contribution is 5.95. The molecular weight excluding hydrogens is 325 g/mol. The van der Waals surface area contributed by atoms with Crippen LogP contribution in [0.3, 0.4) is 0 Å². The molecule has 0 bridgehead atoms. The standard InChI is InChI=1S/C18H22FN3O3/c1-10(16(23)11-6-3-2-4-7-11)20-18(25)15-17(24)12-8-5-9-13(19)14(12)21-22-15/h5,8-11,16,23H,2-4,6-7H2,1H3,(H,20,25)(H,21,24). The van der Waals surface area contributed by atoms with Gasteiger partial charge in [0.05, 0.1) is 17.5 Å². The van der Waals surface area contributed by atoms with E-state index in [-0.39, 0.29) is 22.5 Å². The Hall–Kier alpha value is -2.28. The monoisotopic (exact) mass is 347 g/mol. The molecular formula is C18H22FN3O3. The maximum Gasteiger partial charge on any atom is 0.276 e. The number of amides is 1. The predicted molar refractivity (Wildman–Crippen MR) is 91.8 cm³/mol. The molecule has 3 N–H and O–H groups in total. The number of nitrogens with zero attached hydrogens (tertiary/aromatic N) is 1. The van der Waals surface area contributed by atoms with Crippen molar-refractivity contribution in [3.05, 3.63) is 39.9 Å². The van der Waals surface area contributed by atoms with Gasteiger partial charge in [0.1, 0.15) is 11.3 Å². The van der Waals surface area contributed by atoms with Crippen molar-refractivity contribution in [3.8, 4) is 0 Å². The van der Waals surface area contributed by atoms with Crippen molar-refractivity contribution in [1.29, 1.82) is 0 Å². The van der Waals surface area contributed by atoms with Crippen LogP contribution in [0.25, 0.3) is 10.9 Å². The molecule has 0 radical (unpaired) electrons. The number of hydrogen-bond donors (Lipinski definition) is 3. The first kappa shape index (κ1) is 17.5. The van der Waals surface area contributed by atoms with Gasteiger partial charge in [-0.3, -0.25) is 14.7 Å². The van der Waals surface area contributed by atoms with Crippen LogP contribution in [0.15, 0.2) is 23.0 Å². The lowest BCUT2D eigenvalue weighted by Crippen LogP contribution is -2.46. The van der Waals surface area contributed by atoms with Gasteiger partial charge in [0.25, 0.3) is 5.91 Å². The van der Waals surface area contributed by atoms with Crippen molar-refractivity contribution in [2.45, 2.75) is 51.2 Å². The van der Waals surface area contributed by atoms with Crippen LogP contribution in [-0.2, 0) is 0 Å². The summed E-state index contributed by atoms with van der Waals surface area (Å²) in [5, 5.41) is 19.3. The number of benzene rings is 1. The Morgan fingerprint density at radius 3 is 2.80 bits per heavy atom. The van der Waals surface area contributed by atoms with E-state index in [0.29, 0.717) is 0 Å². The molecule has 1 fully saturated rings. The summed E-state index contributed by atoms with van der Waals surface area (Å²) >= 11 is 0. The maximum atomic E-state index is 13.7. The van der Waals surface area contributed by atoms with E-state index >= 15 is 0 Å². The average Bonchev–Trinajstić information content (AvgIpc) is 2.62. The van der Waals surface area contributed by atoms with Crippen LogP contribution >= 0.6 is 0 Å². The summed E-state index contributed by atoms with van der Waals surface area (Å²) in [6, 6.07) is 3.56. The number of halogens is 1. The molecule has 2 aromatic rings. The third-order valence-corrected chi connectivity index (χ3v) is 4.97. The van der Waals surface area contributed by atoms with Gasteiger partial charge >= 0.3 is 0 Å². The van der Waals surface area contributed by atoms with Crippen LogP contribution in [-0.4, -0.2) is 33.4 Å². The van der Waals surface area contributed by atoms with E-state index in [1.165, 1.54) is 24.6 Å². The molecule has 1 aromatic heterocycles. The molecule has 0 aliphatic heterocycles. The number of nitrogens with one attached hydrogen (secondary N) is 2. The number of carbonyl (C=O) groups excluding carboxylic acids is 1. The summed E-state index contributed by atoms with van der Waals surface area (Å²) < 4.78 is 13.7. The molecule has 134 valence electrons. The normalized spacial score (nSPS) is 18.0. The molecule has 1 amide bonds. The molecule has 25 heavy (non-hydrogen) atoms. The Balaban J connectivity index is 1.78. The molecule has 7 heteroatoms. The average molecular weight is 347 g/mol. The fourth-order valence-corrected chi connectivity index (χ4v) is 3.52. The minimum absolute atomic E-state index is 0.0284. The molecule has 2 unspecified atom stereocenters. The number of carbonyl (C=O) groups is 1. The van der Waals surface area contributed by atoms with Gasteiger partial charge in [-0.15, -0.1) is 0 Å². The quantitative estimate of drug-likeness (QED) is 0.789. The summed E-state index contributed by atoms with van der Waals surface area (Å²) in [5.41, 5.74) is -0.995. The SMILES string of the molecule is CC(NC(=O)c1n[nH]c2c(F)cccc2c1=O)C(O)C1CCCCC1. The molecule has 1 saturated carbocycles. The van der Waals surface area contributed by atoms with E-state index in [0.717, 1.165) is 25.7 Å². The molecule has 0 saturated heterocycles. The number of fused-ring (bicyclic) bond motifs is 1. The Bertz CT molecular complexity index is 830. The molecule has 1 aliphatic rings. The van der Waals surface area contributed by atoms with E-state index in [4.69, 9.17) is 0 Å².